The van der Waals surface area contributed by atoms with E-state index in [-0.39, 0.29) is 18.5 Å². The summed E-state index contributed by atoms with van der Waals surface area (Å²) in [7, 11) is 0. The number of esters is 1. The normalized spacial score (nSPS) is 12.8. The lowest BCUT2D eigenvalue weighted by atomic mass is 10.0. The zero-order valence-electron chi connectivity index (χ0n) is 53.1. The van der Waals surface area contributed by atoms with Crippen molar-refractivity contribution in [1.82, 2.24) is 5.32 Å². The number of nitrogens with one attached hydrogen (secondary N) is 1. The second-order valence-electron chi connectivity index (χ2n) is 24.2. The zero-order chi connectivity index (χ0) is 57.1. The second-order valence-corrected chi connectivity index (χ2v) is 24.2. The Morgan fingerprint density at radius 2 is 0.633 bits per heavy atom. The Balaban J connectivity index is 3.34. The zero-order valence-corrected chi connectivity index (χ0v) is 53.1. The number of aliphatic hydroxyl groups is 2. The van der Waals surface area contributed by atoms with E-state index in [4.69, 9.17) is 4.74 Å². The molecular formula is C73H137NO5. The molecule has 79 heavy (non-hydrogen) atoms. The summed E-state index contributed by atoms with van der Waals surface area (Å²) in [5, 5.41) is 23.1. The fraction of sp³-hybridized carbons (Fsp3) is 0.863. The maximum atomic E-state index is 12.5. The molecule has 0 saturated carbocycles. The van der Waals surface area contributed by atoms with Crippen LogP contribution < -0.4 is 5.32 Å². The van der Waals surface area contributed by atoms with Gasteiger partial charge >= 0.3 is 5.97 Å². The largest absolute Gasteiger partial charge is 0.466 e. The summed E-state index contributed by atoms with van der Waals surface area (Å²) >= 11 is 0. The van der Waals surface area contributed by atoms with Crippen molar-refractivity contribution in [2.75, 3.05) is 13.2 Å². The van der Waals surface area contributed by atoms with Gasteiger partial charge in [-0.15, -0.1) is 0 Å². The van der Waals surface area contributed by atoms with Gasteiger partial charge in [-0.2, -0.15) is 0 Å². The highest BCUT2D eigenvalue weighted by atomic mass is 16.5. The van der Waals surface area contributed by atoms with Crippen molar-refractivity contribution in [2.24, 2.45) is 0 Å². The van der Waals surface area contributed by atoms with Crippen molar-refractivity contribution in [3.8, 4) is 0 Å². The number of unbranched alkanes of at least 4 members (excludes halogenated alkanes) is 49. The Bertz CT molecular complexity index is 1320. The lowest BCUT2D eigenvalue weighted by molar-refractivity contribution is -0.143. The number of carbonyl (C=O) groups is 2. The predicted molar refractivity (Wildman–Crippen MR) is 347 cm³/mol. The molecule has 0 bridgehead atoms. The van der Waals surface area contributed by atoms with Gasteiger partial charge in [0, 0.05) is 12.8 Å². The van der Waals surface area contributed by atoms with Crippen molar-refractivity contribution in [2.45, 2.75) is 392 Å². The number of aliphatic hydroxyl groups excluding tert-OH is 2. The van der Waals surface area contributed by atoms with Gasteiger partial charge in [-0.25, -0.2) is 0 Å². The Morgan fingerprint density at radius 1 is 0.354 bits per heavy atom. The molecular weight excluding hydrogens is 971 g/mol. The third-order valence-electron chi connectivity index (χ3n) is 16.3. The molecule has 0 rings (SSSR count). The molecule has 0 aromatic rings. The maximum absolute atomic E-state index is 12.5. The summed E-state index contributed by atoms with van der Waals surface area (Å²) in [6, 6.07) is -0.624. The average Bonchev–Trinajstić information content (AvgIpc) is 3.45. The first-order valence-electron chi connectivity index (χ1n) is 35.4. The minimum Gasteiger partial charge on any atom is -0.466 e. The van der Waals surface area contributed by atoms with Crippen molar-refractivity contribution in [3.05, 3.63) is 48.6 Å². The van der Waals surface area contributed by atoms with Crippen LogP contribution in [0, 0.1) is 0 Å². The van der Waals surface area contributed by atoms with Crippen LogP contribution in [-0.4, -0.2) is 47.4 Å². The SMILES string of the molecule is CCCCC/C=C\C/C=C\CCCCCCCC(=O)OCCCCCCCCCCCCCCCC/C=C\CCCCCCCCCCCCCCCCCCCC(=O)NC(CO)C(O)/C=C/CCCCCCCCCCCC. The van der Waals surface area contributed by atoms with Crippen LogP contribution in [0.2, 0.25) is 0 Å². The van der Waals surface area contributed by atoms with E-state index in [9.17, 15) is 19.8 Å². The van der Waals surface area contributed by atoms with E-state index in [1.807, 2.05) is 6.08 Å². The monoisotopic (exact) mass is 1110 g/mol. The molecule has 0 aromatic heterocycles. The molecule has 0 saturated heterocycles. The van der Waals surface area contributed by atoms with E-state index in [2.05, 4.69) is 55.6 Å². The molecule has 0 aliphatic heterocycles. The topological polar surface area (TPSA) is 95.9 Å². The van der Waals surface area contributed by atoms with Crippen LogP contribution in [-0.2, 0) is 14.3 Å². The first kappa shape index (κ1) is 76.8. The van der Waals surface area contributed by atoms with E-state index in [0.717, 1.165) is 51.4 Å². The van der Waals surface area contributed by atoms with E-state index < -0.39 is 12.1 Å². The molecule has 2 atom stereocenters. The van der Waals surface area contributed by atoms with Gasteiger partial charge in [0.2, 0.25) is 5.91 Å². The van der Waals surface area contributed by atoms with Gasteiger partial charge in [-0.3, -0.25) is 9.59 Å². The first-order chi connectivity index (χ1) is 39.0. The number of allylic oxidation sites excluding steroid dienone is 7. The first-order valence-corrected chi connectivity index (χ1v) is 35.4. The third kappa shape index (κ3) is 64.8. The molecule has 2 unspecified atom stereocenters. The summed E-state index contributed by atoms with van der Waals surface area (Å²) in [4.78, 5) is 24.5. The van der Waals surface area contributed by atoms with Gasteiger partial charge in [-0.05, 0) is 89.9 Å². The van der Waals surface area contributed by atoms with Crippen LogP contribution in [0.25, 0.3) is 0 Å². The molecule has 0 aromatic carbocycles. The van der Waals surface area contributed by atoms with Crippen LogP contribution >= 0.6 is 0 Å². The van der Waals surface area contributed by atoms with Crippen LogP contribution in [0.15, 0.2) is 48.6 Å². The highest BCUT2D eigenvalue weighted by molar-refractivity contribution is 5.76. The lowest BCUT2D eigenvalue weighted by Gasteiger charge is -2.20. The number of amides is 1. The molecule has 6 heteroatoms. The minimum absolute atomic E-state index is 0.00589. The summed E-state index contributed by atoms with van der Waals surface area (Å²) in [6.07, 6.45) is 89.2. The van der Waals surface area contributed by atoms with Gasteiger partial charge in [0.05, 0.1) is 25.4 Å². The Hall–Kier alpha value is -2.18. The summed E-state index contributed by atoms with van der Waals surface area (Å²) in [5.41, 5.74) is 0. The number of hydrogen-bond donors (Lipinski definition) is 3. The van der Waals surface area contributed by atoms with Crippen molar-refractivity contribution in [1.29, 1.82) is 0 Å². The average molecular weight is 1110 g/mol. The van der Waals surface area contributed by atoms with E-state index in [1.165, 1.54) is 302 Å². The molecule has 0 heterocycles. The van der Waals surface area contributed by atoms with E-state index in [0.29, 0.717) is 19.4 Å². The quantitative estimate of drug-likeness (QED) is 0.0320. The molecule has 6 nitrogen and oxygen atoms in total. The van der Waals surface area contributed by atoms with Gasteiger partial charge in [0.15, 0.2) is 0 Å². The highest BCUT2D eigenvalue weighted by Gasteiger charge is 2.18. The minimum atomic E-state index is -0.841. The standard InChI is InChI=1S/C73H137NO5/c1-3-5-7-9-11-13-15-17-39-43-47-51-55-59-63-67-73(78)79-68-64-60-56-52-48-44-41-38-36-34-32-30-28-26-24-22-20-18-19-21-23-25-27-29-31-33-35-37-40-42-46-50-54-58-62-66-72(77)74-70(69-75)71(76)65-61-57-53-49-45-16-14-12-10-8-6-4-2/h11,13,17,20,22,39,61,65,70-71,75-76H,3-10,12,14-16,18-19,21,23-38,40-60,62-64,66-69H2,1-2H3,(H,74,77)/b13-11-,22-20-,39-17-,65-61+. The molecule has 0 radical (unpaired) electrons. The van der Waals surface area contributed by atoms with Crippen LogP contribution in [0.5, 0.6) is 0 Å². The fourth-order valence-corrected chi connectivity index (χ4v) is 10.9. The van der Waals surface area contributed by atoms with Gasteiger partial charge in [-0.1, -0.05) is 326 Å². The number of hydrogen-bond acceptors (Lipinski definition) is 5. The van der Waals surface area contributed by atoms with Crippen LogP contribution in [0.1, 0.15) is 380 Å². The molecule has 0 aliphatic rings. The second kappa shape index (κ2) is 68.3. The third-order valence-corrected chi connectivity index (χ3v) is 16.3. The maximum Gasteiger partial charge on any atom is 0.305 e. The van der Waals surface area contributed by atoms with E-state index >= 15 is 0 Å². The van der Waals surface area contributed by atoms with Gasteiger partial charge in [0.25, 0.3) is 0 Å². The van der Waals surface area contributed by atoms with Crippen LogP contribution in [0.4, 0.5) is 0 Å². The molecule has 0 aliphatic carbocycles. The molecule has 3 N–H and O–H groups in total. The summed E-state index contributed by atoms with van der Waals surface area (Å²) in [6.45, 7) is 4.88. The number of carbonyl (C=O) groups excluding carboxylic acids is 2. The fourth-order valence-electron chi connectivity index (χ4n) is 10.9. The summed E-state index contributed by atoms with van der Waals surface area (Å²) < 4.78 is 5.49. The van der Waals surface area contributed by atoms with Crippen LogP contribution in [0.3, 0.4) is 0 Å². The highest BCUT2D eigenvalue weighted by Crippen LogP contribution is 2.18. The molecule has 0 fully saturated rings. The van der Waals surface area contributed by atoms with Crippen molar-refractivity contribution >= 4 is 11.9 Å². The van der Waals surface area contributed by atoms with Gasteiger partial charge < -0.3 is 20.3 Å². The van der Waals surface area contributed by atoms with Crippen molar-refractivity contribution in [3.63, 3.8) is 0 Å². The smallest absolute Gasteiger partial charge is 0.305 e. The molecule has 0 spiro atoms. The Morgan fingerprint density at radius 3 is 1.00 bits per heavy atom. The number of ether oxygens (including phenoxy) is 1. The summed E-state index contributed by atoms with van der Waals surface area (Å²) in [5.74, 6) is -0.0582. The molecule has 464 valence electrons. The Kier molecular flexibility index (Phi) is 66.4. The Labute approximate surface area is 493 Å². The van der Waals surface area contributed by atoms with E-state index in [1.54, 1.807) is 6.08 Å². The molecule has 1 amide bonds. The van der Waals surface area contributed by atoms with Crippen molar-refractivity contribution < 1.29 is 24.5 Å². The predicted octanol–water partition coefficient (Wildman–Crippen LogP) is 22.9. The van der Waals surface area contributed by atoms with Gasteiger partial charge in [0.1, 0.15) is 0 Å². The number of rotatable bonds is 66. The lowest BCUT2D eigenvalue weighted by Crippen LogP contribution is -2.45.